The molecule has 0 bridgehead atoms. The fourth-order valence-electron chi connectivity index (χ4n) is 3.32. The van der Waals surface area contributed by atoms with Gasteiger partial charge in [0, 0.05) is 30.5 Å². The zero-order valence-electron chi connectivity index (χ0n) is 15.9. The fourth-order valence-corrected chi connectivity index (χ4v) is 3.32. The van der Waals surface area contributed by atoms with Gasteiger partial charge in [0.2, 0.25) is 0 Å². The van der Waals surface area contributed by atoms with Crippen molar-refractivity contribution in [1.82, 2.24) is 14.5 Å². The molecule has 0 radical (unpaired) electrons. The highest BCUT2D eigenvalue weighted by molar-refractivity contribution is 5.94. The minimum atomic E-state index is -4.37. The molecule has 0 aliphatic heterocycles. The van der Waals surface area contributed by atoms with Crippen molar-refractivity contribution >= 4 is 5.91 Å². The molecule has 1 aromatic heterocycles. The summed E-state index contributed by atoms with van der Waals surface area (Å²) in [6.45, 7) is 0.577. The lowest BCUT2D eigenvalue weighted by molar-refractivity contribution is -0.137. The van der Waals surface area contributed by atoms with E-state index < -0.39 is 17.6 Å². The molecule has 3 aromatic rings. The summed E-state index contributed by atoms with van der Waals surface area (Å²) >= 11 is 0. The Morgan fingerprint density at radius 3 is 2.50 bits per heavy atom. The van der Waals surface area contributed by atoms with Crippen LogP contribution in [-0.4, -0.2) is 26.4 Å². The lowest BCUT2D eigenvalue weighted by atomic mass is 10.1. The predicted molar refractivity (Wildman–Crippen MR) is 102 cm³/mol. The van der Waals surface area contributed by atoms with Crippen molar-refractivity contribution in [2.24, 2.45) is 0 Å². The third kappa shape index (κ3) is 4.53. The van der Waals surface area contributed by atoms with E-state index in [1.165, 1.54) is 30.3 Å². The van der Waals surface area contributed by atoms with Crippen LogP contribution in [0.25, 0.3) is 0 Å². The Bertz CT molecular complexity index is 1040. The molecule has 1 amide bonds. The van der Waals surface area contributed by atoms with Gasteiger partial charge in [0.1, 0.15) is 11.6 Å². The number of rotatable bonds is 6. The first kappa shape index (κ1) is 20.1. The number of hydrogen-bond donors (Lipinski definition) is 0. The van der Waals surface area contributed by atoms with E-state index in [0.717, 1.165) is 25.0 Å². The van der Waals surface area contributed by atoms with Crippen molar-refractivity contribution in [3.63, 3.8) is 0 Å². The molecular weight excluding hydrogens is 398 g/mol. The van der Waals surface area contributed by atoms with Gasteiger partial charge in [0.15, 0.2) is 0 Å². The van der Waals surface area contributed by atoms with E-state index in [4.69, 9.17) is 0 Å². The van der Waals surface area contributed by atoms with Crippen molar-refractivity contribution in [3.8, 4) is 0 Å². The van der Waals surface area contributed by atoms with Crippen LogP contribution in [0.2, 0.25) is 0 Å². The van der Waals surface area contributed by atoms with E-state index in [0.29, 0.717) is 17.9 Å². The molecule has 30 heavy (non-hydrogen) atoms. The van der Waals surface area contributed by atoms with Crippen LogP contribution in [0.3, 0.4) is 0 Å². The Hall–Kier alpha value is -3.16. The number of imidazole rings is 1. The van der Waals surface area contributed by atoms with Gasteiger partial charge in [-0.2, -0.15) is 13.2 Å². The summed E-state index contributed by atoms with van der Waals surface area (Å²) in [5, 5.41) is 0. The second kappa shape index (κ2) is 7.93. The molecule has 2 aromatic carbocycles. The van der Waals surface area contributed by atoms with E-state index in [2.05, 4.69) is 4.98 Å². The van der Waals surface area contributed by atoms with E-state index in [-0.39, 0.29) is 24.1 Å². The number of benzene rings is 2. The Kier molecular flexibility index (Phi) is 5.32. The Balaban J connectivity index is 1.51. The first-order valence-electron chi connectivity index (χ1n) is 9.54. The van der Waals surface area contributed by atoms with E-state index in [9.17, 15) is 22.4 Å². The van der Waals surface area contributed by atoms with Crippen molar-refractivity contribution in [2.75, 3.05) is 0 Å². The molecule has 1 aliphatic carbocycles. The van der Waals surface area contributed by atoms with Crippen molar-refractivity contribution in [3.05, 3.63) is 89.3 Å². The van der Waals surface area contributed by atoms with Gasteiger partial charge in [-0.1, -0.05) is 18.2 Å². The van der Waals surface area contributed by atoms with Crippen LogP contribution in [-0.2, 0) is 19.3 Å². The molecule has 0 atom stereocenters. The molecule has 0 saturated heterocycles. The van der Waals surface area contributed by atoms with E-state index >= 15 is 0 Å². The Morgan fingerprint density at radius 1 is 1.13 bits per heavy atom. The summed E-state index contributed by atoms with van der Waals surface area (Å²) in [6.07, 6.45) is 0.698. The van der Waals surface area contributed by atoms with Crippen LogP contribution in [0.1, 0.15) is 40.2 Å². The highest BCUT2D eigenvalue weighted by Crippen LogP contribution is 2.31. The van der Waals surface area contributed by atoms with Gasteiger partial charge in [0.05, 0.1) is 12.1 Å². The summed E-state index contributed by atoms with van der Waals surface area (Å²) in [4.78, 5) is 18.9. The molecule has 0 spiro atoms. The number of aromatic nitrogens is 2. The summed E-state index contributed by atoms with van der Waals surface area (Å²) in [6, 6.07) is 10.6. The van der Waals surface area contributed by atoms with Crippen LogP contribution in [0.4, 0.5) is 17.6 Å². The molecule has 1 aliphatic rings. The standard InChI is InChI=1S/C22H19F4N3O/c23-18-3-1-2-16(12-18)21(30)29(19-8-9-19)14-20-27-10-11-28(20)13-15-4-6-17(7-5-15)22(24,25)26/h1-7,10-12,19H,8-9,13-14H2. The normalized spacial score (nSPS) is 14.0. The van der Waals surface area contributed by atoms with Crippen LogP contribution < -0.4 is 0 Å². The summed E-state index contributed by atoms with van der Waals surface area (Å²) < 4.78 is 53.6. The second-order valence-corrected chi connectivity index (χ2v) is 7.34. The van der Waals surface area contributed by atoms with Crippen LogP contribution in [0, 0.1) is 5.82 Å². The molecular formula is C22H19F4N3O. The number of halogens is 4. The smallest absolute Gasteiger partial charge is 0.329 e. The molecule has 0 N–H and O–H groups in total. The lowest BCUT2D eigenvalue weighted by Crippen LogP contribution is -2.33. The van der Waals surface area contributed by atoms with Gasteiger partial charge in [-0.25, -0.2) is 9.37 Å². The largest absolute Gasteiger partial charge is 0.416 e. The molecule has 1 heterocycles. The SMILES string of the molecule is O=C(c1cccc(F)c1)N(Cc1nccn1Cc1ccc(C(F)(F)F)cc1)C1CC1. The third-order valence-electron chi connectivity index (χ3n) is 5.07. The van der Waals surface area contributed by atoms with Gasteiger partial charge in [-0.05, 0) is 48.7 Å². The maximum absolute atomic E-state index is 13.5. The molecule has 8 heteroatoms. The van der Waals surface area contributed by atoms with Gasteiger partial charge in [0.25, 0.3) is 5.91 Å². The molecule has 4 rings (SSSR count). The highest BCUT2D eigenvalue weighted by atomic mass is 19.4. The monoisotopic (exact) mass is 417 g/mol. The zero-order chi connectivity index (χ0) is 21.3. The fraction of sp³-hybridized carbons (Fsp3) is 0.273. The van der Waals surface area contributed by atoms with Crippen LogP contribution in [0.15, 0.2) is 60.9 Å². The molecule has 1 fully saturated rings. The molecule has 1 saturated carbocycles. The van der Waals surface area contributed by atoms with Crippen LogP contribution >= 0.6 is 0 Å². The number of amides is 1. The van der Waals surface area contributed by atoms with Crippen molar-refractivity contribution in [1.29, 1.82) is 0 Å². The maximum Gasteiger partial charge on any atom is 0.416 e. The number of carbonyl (C=O) groups excluding carboxylic acids is 1. The minimum absolute atomic E-state index is 0.0805. The highest BCUT2D eigenvalue weighted by Gasteiger charge is 2.34. The van der Waals surface area contributed by atoms with Gasteiger partial charge >= 0.3 is 6.18 Å². The lowest BCUT2D eigenvalue weighted by Gasteiger charge is -2.23. The Labute approximate surface area is 170 Å². The maximum atomic E-state index is 13.5. The van der Waals surface area contributed by atoms with Gasteiger partial charge in [-0.15, -0.1) is 0 Å². The third-order valence-corrected chi connectivity index (χ3v) is 5.07. The quantitative estimate of drug-likeness (QED) is 0.536. The molecule has 156 valence electrons. The van der Waals surface area contributed by atoms with E-state index in [1.54, 1.807) is 27.9 Å². The average Bonchev–Trinajstić information content (AvgIpc) is 3.46. The van der Waals surface area contributed by atoms with Gasteiger partial charge in [-0.3, -0.25) is 4.79 Å². The topological polar surface area (TPSA) is 38.1 Å². The average molecular weight is 417 g/mol. The number of hydrogen-bond acceptors (Lipinski definition) is 2. The summed E-state index contributed by atoms with van der Waals surface area (Å²) in [5.41, 5.74) is 0.275. The summed E-state index contributed by atoms with van der Waals surface area (Å²) in [5.74, 6) is -0.118. The summed E-state index contributed by atoms with van der Waals surface area (Å²) in [7, 11) is 0. The van der Waals surface area contributed by atoms with Crippen molar-refractivity contribution < 1.29 is 22.4 Å². The van der Waals surface area contributed by atoms with Gasteiger partial charge < -0.3 is 9.47 Å². The molecule has 4 nitrogen and oxygen atoms in total. The number of alkyl halides is 3. The first-order chi connectivity index (χ1) is 14.3. The molecule has 0 unspecified atom stereocenters. The second-order valence-electron chi connectivity index (χ2n) is 7.34. The minimum Gasteiger partial charge on any atom is -0.329 e. The predicted octanol–water partition coefficient (Wildman–Crippen LogP) is 4.89. The number of nitrogens with zero attached hydrogens (tertiary/aromatic N) is 3. The van der Waals surface area contributed by atoms with Crippen LogP contribution in [0.5, 0.6) is 0 Å². The first-order valence-corrected chi connectivity index (χ1v) is 9.54. The van der Waals surface area contributed by atoms with E-state index in [1.807, 2.05) is 0 Å². The number of carbonyl (C=O) groups is 1. The zero-order valence-corrected chi connectivity index (χ0v) is 15.9. The van der Waals surface area contributed by atoms with Crippen molar-refractivity contribution in [2.45, 2.75) is 38.1 Å². The Morgan fingerprint density at radius 2 is 1.87 bits per heavy atom.